The number of aryl methyl sites for hydroxylation is 1. The number of carbonyl (C=O) groups excluding carboxylic acids is 2. The molecule has 1 aliphatic heterocycles. The van der Waals surface area contributed by atoms with E-state index in [1.165, 1.54) is 11.1 Å². The van der Waals surface area contributed by atoms with Gasteiger partial charge in [0.1, 0.15) is 5.75 Å². The molecule has 0 saturated carbocycles. The summed E-state index contributed by atoms with van der Waals surface area (Å²) >= 11 is 0. The summed E-state index contributed by atoms with van der Waals surface area (Å²) in [5.74, 6) is 0.524. The fraction of sp³-hybridized carbons (Fsp3) is 0.259. The van der Waals surface area contributed by atoms with E-state index in [1.54, 1.807) is 12.1 Å². The summed E-state index contributed by atoms with van der Waals surface area (Å²) in [5.41, 5.74) is 4.74. The van der Waals surface area contributed by atoms with E-state index < -0.39 is 6.10 Å². The average Bonchev–Trinajstić information content (AvgIpc) is 2.95. The highest BCUT2D eigenvalue weighted by molar-refractivity contribution is 6.04. The van der Waals surface area contributed by atoms with Gasteiger partial charge in [-0.3, -0.25) is 9.59 Å². The molecule has 2 unspecified atom stereocenters. The fourth-order valence-electron chi connectivity index (χ4n) is 4.74. The zero-order chi connectivity index (χ0) is 22.1. The van der Waals surface area contributed by atoms with E-state index in [9.17, 15) is 9.59 Å². The number of amides is 2. The molecule has 32 heavy (non-hydrogen) atoms. The van der Waals surface area contributed by atoms with Gasteiger partial charge in [0.2, 0.25) is 0 Å². The lowest BCUT2D eigenvalue weighted by molar-refractivity contribution is -0.140. The van der Waals surface area contributed by atoms with Crippen LogP contribution >= 0.6 is 0 Å². The Labute approximate surface area is 188 Å². The number of ether oxygens (including phenoxy) is 1. The standard InChI is InChI=1S/C27H26N2O3/c1-18-27(31)29(24-13-7-11-19-8-5-6-12-23(19)24)17-21-16-22(14-15-25(21)32-18)28-26(30)20-9-3-2-4-10-20/h2-6,8-10,12,14-16,18,24H,7,11,13,17H2,1H3,(H,28,30). The second kappa shape index (κ2) is 8.50. The molecule has 1 heterocycles. The summed E-state index contributed by atoms with van der Waals surface area (Å²) in [5, 5.41) is 2.96. The van der Waals surface area contributed by atoms with E-state index in [2.05, 4.69) is 23.5 Å². The Balaban J connectivity index is 1.45. The van der Waals surface area contributed by atoms with Gasteiger partial charge in [-0.25, -0.2) is 0 Å². The van der Waals surface area contributed by atoms with E-state index in [0.29, 0.717) is 23.5 Å². The smallest absolute Gasteiger partial charge is 0.264 e. The molecule has 2 aliphatic rings. The van der Waals surface area contributed by atoms with Gasteiger partial charge in [0, 0.05) is 16.8 Å². The SMILES string of the molecule is CC1Oc2ccc(NC(=O)c3ccccc3)cc2CN(C2CCCc3ccccc32)C1=O. The Morgan fingerprint density at radius 3 is 2.62 bits per heavy atom. The molecule has 0 spiro atoms. The number of hydrogen-bond donors (Lipinski definition) is 1. The summed E-state index contributed by atoms with van der Waals surface area (Å²) < 4.78 is 6.02. The van der Waals surface area contributed by atoms with Crippen LogP contribution in [0, 0.1) is 0 Å². The molecule has 1 aliphatic carbocycles. The first-order chi connectivity index (χ1) is 15.6. The maximum Gasteiger partial charge on any atom is 0.264 e. The number of fused-ring (bicyclic) bond motifs is 2. The minimum Gasteiger partial charge on any atom is -0.481 e. The largest absolute Gasteiger partial charge is 0.481 e. The molecule has 0 saturated heterocycles. The number of rotatable bonds is 3. The van der Waals surface area contributed by atoms with Crippen LogP contribution in [0.2, 0.25) is 0 Å². The first-order valence-electron chi connectivity index (χ1n) is 11.1. The third-order valence-corrected chi connectivity index (χ3v) is 6.34. The van der Waals surface area contributed by atoms with Crippen LogP contribution < -0.4 is 10.1 Å². The molecule has 0 fully saturated rings. The van der Waals surface area contributed by atoms with Crippen molar-refractivity contribution in [3.63, 3.8) is 0 Å². The van der Waals surface area contributed by atoms with E-state index in [1.807, 2.05) is 54.3 Å². The van der Waals surface area contributed by atoms with Gasteiger partial charge in [-0.2, -0.15) is 0 Å². The highest BCUT2D eigenvalue weighted by Crippen LogP contribution is 2.38. The van der Waals surface area contributed by atoms with Crippen LogP contribution in [0.25, 0.3) is 0 Å². The normalized spacial score (nSPS) is 19.9. The van der Waals surface area contributed by atoms with Crippen molar-refractivity contribution in [1.29, 1.82) is 0 Å². The average molecular weight is 427 g/mol. The monoisotopic (exact) mass is 426 g/mol. The molecular weight excluding hydrogens is 400 g/mol. The summed E-state index contributed by atoms with van der Waals surface area (Å²) in [6.07, 6.45) is 2.48. The Hall–Kier alpha value is -3.60. The molecule has 5 nitrogen and oxygen atoms in total. The molecular formula is C27H26N2O3. The van der Waals surface area contributed by atoms with Crippen LogP contribution in [0.15, 0.2) is 72.8 Å². The second-order valence-electron chi connectivity index (χ2n) is 8.48. The van der Waals surface area contributed by atoms with Crippen molar-refractivity contribution < 1.29 is 14.3 Å². The quantitative estimate of drug-likeness (QED) is 0.632. The lowest BCUT2D eigenvalue weighted by Gasteiger charge is -2.35. The van der Waals surface area contributed by atoms with Crippen LogP contribution in [0.4, 0.5) is 5.69 Å². The van der Waals surface area contributed by atoms with Gasteiger partial charge in [-0.15, -0.1) is 0 Å². The molecule has 162 valence electrons. The molecule has 0 bridgehead atoms. The molecule has 0 aromatic heterocycles. The van der Waals surface area contributed by atoms with Gasteiger partial charge in [-0.05, 0) is 67.6 Å². The molecule has 3 aromatic rings. The summed E-state index contributed by atoms with van der Waals surface area (Å²) in [6.45, 7) is 2.26. The number of nitrogens with one attached hydrogen (secondary N) is 1. The summed E-state index contributed by atoms with van der Waals surface area (Å²) in [4.78, 5) is 27.9. The number of nitrogens with zero attached hydrogens (tertiary/aromatic N) is 1. The second-order valence-corrected chi connectivity index (χ2v) is 8.48. The Kier molecular flexibility index (Phi) is 5.39. The Morgan fingerprint density at radius 1 is 1.00 bits per heavy atom. The third kappa shape index (κ3) is 3.86. The third-order valence-electron chi connectivity index (χ3n) is 6.34. The van der Waals surface area contributed by atoms with Crippen LogP contribution in [-0.2, 0) is 17.8 Å². The molecule has 2 atom stereocenters. The van der Waals surface area contributed by atoms with Crippen LogP contribution in [0.3, 0.4) is 0 Å². The topological polar surface area (TPSA) is 58.6 Å². The van der Waals surface area contributed by atoms with Crippen molar-refractivity contribution in [2.75, 3.05) is 5.32 Å². The van der Waals surface area contributed by atoms with Crippen LogP contribution in [-0.4, -0.2) is 22.8 Å². The number of carbonyl (C=O) groups is 2. The van der Waals surface area contributed by atoms with Gasteiger partial charge in [0.15, 0.2) is 6.10 Å². The summed E-state index contributed by atoms with van der Waals surface area (Å²) in [7, 11) is 0. The van der Waals surface area contributed by atoms with Gasteiger partial charge in [0.25, 0.3) is 11.8 Å². The number of anilines is 1. The predicted octanol–water partition coefficient (Wildman–Crippen LogP) is 5.13. The van der Waals surface area contributed by atoms with Gasteiger partial charge in [-0.1, -0.05) is 42.5 Å². The van der Waals surface area contributed by atoms with Gasteiger partial charge >= 0.3 is 0 Å². The Morgan fingerprint density at radius 2 is 1.78 bits per heavy atom. The maximum absolute atomic E-state index is 13.3. The highest BCUT2D eigenvalue weighted by Gasteiger charge is 2.35. The minimum atomic E-state index is -0.560. The van der Waals surface area contributed by atoms with Gasteiger partial charge < -0.3 is 15.0 Å². The van der Waals surface area contributed by atoms with E-state index in [4.69, 9.17) is 4.74 Å². The van der Waals surface area contributed by atoms with E-state index in [0.717, 1.165) is 24.8 Å². The highest BCUT2D eigenvalue weighted by atomic mass is 16.5. The maximum atomic E-state index is 13.3. The first kappa shape index (κ1) is 20.3. The van der Waals surface area contributed by atoms with E-state index >= 15 is 0 Å². The molecule has 3 aromatic carbocycles. The fourth-order valence-corrected chi connectivity index (χ4v) is 4.74. The van der Waals surface area contributed by atoms with Crippen molar-refractivity contribution in [3.05, 3.63) is 95.1 Å². The van der Waals surface area contributed by atoms with Crippen molar-refractivity contribution in [2.24, 2.45) is 0 Å². The molecule has 5 rings (SSSR count). The van der Waals surface area contributed by atoms with E-state index in [-0.39, 0.29) is 17.9 Å². The Bertz CT molecular complexity index is 1160. The lowest BCUT2D eigenvalue weighted by Crippen LogP contribution is -2.41. The number of benzene rings is 3. The number of hydrogen-bond acceptors (Lipinski definition) is 3. The van der Waals surface area contributed by atoms with Crippen LogP contribution in [0.5, 0.6) is 5.75 Å². The summed E-state index contributed by atoms with van der Waals surface area (Å²) in [6, 6.07) is 23.2. The van der Waals surface area contributed by atoms with Crippen molar-refractivity contribution in [2.45, 2.75) is 44.9 Å². The zero-order valence-corrected chi connectivity index (χ0v) is 18.1. The molecule has 2 amide bonds. The molecule has 5 heteroatoms. The van der Waals surface area contributed by atoms with Crippen molar-refractivity contribution >= 4 is 17.5 Å². The zero-order valence-electron chi connectivity index (χ0n) is 18.1. The van der Waals surface area contributed by atoms with Crippen molar-refractivity contribution in [1.82, 2.24) is 4.90 Å². The predicted molar refractivity (Wildman–Crippen MR) is 124 cm³/mol. The molecule has 0 radical (unpaired) electrons. The minimum absolute atomic E-state index is 0.00206. The first-order valence-corrected chi connectivity index (χ1v) is 11.1. The van der Waals surface area contributed by atoms with Gasteiger partial charge in [0.05, 0.1) is 12.6 Å². The van der Waals surface area contributed by atoms with Crippen LogP contribution in [0.1, 0.15) is 52.9 Å². The molecule has 1 N–H and O–H groups in total. The lowest BCUT2D eigenvalue weighted by atomic mass is 9.86. The van der Waals surface area contributed by atoms with Crippen molar-refractivity contribution in [3.8, 4) is 5.75 Å².